The molecular weight excluding hydrogens is 392 g/mol. The molecule has 0 spiro atoms. The largest absolute Gasteiger partial charge is 0.477 e. The van der Waals surface area contributed by atoms with E-state index in [1.54, 1.807) is 6.92 Å². The number of sulfonamides is 1. The Morgan fingerprint density at radius 2 is 1.63 bits per heavy atom. The summed E-state index contributed by atoms with van der Waals surface area (Å²) in [4.78, 5) is 11.7. The van der Waals surface area contributed by atoms with Crippen LogP contribution in [-0.2, 0) is 14.8 Å². The number of halogens is 4. The molecule has 0 heterocycles. The van der Waals surface area contributed by atoms with Crippen molar-refractivity contribution in [1.29, 1.82) is 0 Å². The van der Waals surface area contributed by atoms with E-state index in [4.69, 9.17) is 5.14 Å². The molecule has 2 rings (SSSR count). The summed E-state index contributed by atoms with van der Waals surface area (Å²) >= 11 is 0. The Kier molecular flexibility index (Phi) is 6.06. The summed E-state index contributed by atoms with van der Waals surface area (Å²) in [5.41, 5.74) is 0.505. The van der Waals surface area contributed by atoms with Crippen molar-refractivity contribution in [2.45, 2.75) is 17.9 Å². The van der Waals surface area contributed by atoms with Crippen LogP contribution in [0.3, 0.4) is 0 Å². The fourth-order valence-electron chi connectivity index (χ4n) is 2.13. The molecule has 0 saturated heterocycles. The average molecular weight is 406 g/mol. The zero-order chi connectivity index (χ0) is 20.4. The molecule has 3 N–H and O–H groups in total. The van der Waals surface area contributed by atoms with E-state index >= 15 is 0 Å². The zero-order valence-corrected chi connectivity index (χ0v) is 14.6. The lowest BCUT2D eigenvalue weighted by atomic mass is 10.1. The first-order valence-corrected chi connectivity index (χ1v) is 8.93. The molecule has 0 saturated carbocycles. The summed E-state index contributed by atoms with van der Waals surface area (Å²) in [5.74, 6) is -9.00. The fraction of sp³-hybridized carbons (Fsp3) is 0.188. The Bertz CT molecular complexity index is 939. The van der Waals surface area contributed by atoms with Crippen molar-refractivity contribution < 1.29 is 35.5 Å². The van der Waals surface area contributed by atoms with Gasteiger partial charge in [0.05, 0.1) is 10.9 Å². The van der Waals surface area contributed by atoms with E-state index in [1.807, 2.05) is 0 Å². The molecule has 146 valence electrons. The number of nitrogens with two attached hydrogens (primary N) is 1. The summed E-state index contributed by atoms with van der Waals surface area (Å²) in [6.45, 7) is 0.642. The lowest BCUT2D eigenvalue weighted by Gasteiger charge is -2.15. The highest BCUT2D eigenvalue weighted by Gasteiger charge is 2.21. The van der Waals surface area contributed by atoms with E-state index in [2.05, 4.69) is 10.1 Å². The predicted octanol–water partition coefficient (Wildman–Crippen LogP) is 2.15. The lowest BCUT2D eigenvalue weighted by Crippen LogP contribution is -2.31. The van der Waals surface area contributed by atoms with Crippen LogP contribution in [0.5, 0.6) is 5.75 Å². The molecule has 1 atom stereocenters. The maximum absolute atomic E-state index is 13.5. The maximum Gasteiger partial charge on any atom is 0.258 e. The van der Waals surface area contributed by atoms with Gasteiger partial charge < -0.3 is 10.1 Å². The van der Waals surface area contributed by atoms with Crippen LogP contribution in [-0.4, -0.2) is 20.9 Å². The number of hydrogen-bond acceptors (Lipinski definition) is 4. The first-order chi connectivity index (χ1) is 12.5. The number of rotatable bonds is 6. The van der Waals surface area contributed by atoms with Crippen molar-refractivity contribution in [3.05, 3.63) is 59.2 Å². The van der Waals surface area contributed by atoms with Crippen LogP contribution in [0.25, 0.3) is 0 Å². The molecule has 2 aromatic carbocycles. The van der Waals surface area contributed by atoms with Gasteiger partial charge in [0.25, 0.3) is 5.91 Å². The smallest absolute Gasteiger partial charge is 0.258 e. The molecule has 0 bridgehead atoms. The number of carbonyl (C=O) groups is 1. The highest BCUT2D eigenvalue weighted by Crippen LogP contribution is 2.26. The zero-order valence-electron chi connectivity index (χ0n) is 13.8. The maximum atomic E-state index is 13.5. The van der Waals surface area contributed by atoms with Gasteiger partial charge in [-0.25, -0.2) is 22.3 Å². The van der Waals surface area contributed by atoms with Crippen molar-refractivity contribution in [3.63, 3.8) is 0 Å². The second kappa shape index (κ2) is 7.92. The third-order valence-corrected chi connectivity index (χ3v) is 4.43. The minimum atomic E-state index is -3.86. The van der Waals surface area contributed by atoms with Crippen LogP contribution in [0.1, 0.15) is 18.5 Å². The third kappa shape index (κ3) is 4.95. The Morgan fingerprint density at radius 3 is 2.11 bits per heavy atom. The molecule has 11 heteroatoms. The molecule has 0 aliphatic carbocycles. The van der Waals surface area contributed by atoms with E-state index in [0.29, 0.717) is 5.56 Å². The van der Waals surface area contributed by atoms with Gasteiger partial charge in [0, 0.05) is 6.07 Å². The highest BCUT2D eigenvalue weighted by molar-refractivity contribution is 7.89. The number of amides is 1. The first-order valence-electron chi connectivity index (χ1n) is 7.38. The molecule has 2 aromatic rings. The van der Waals surface area contributed by atoms with Gasteiger partial charge in [-0.05, 0) is 24.6 Å². The normalized spacial score (nSPS) is 12.5. The number of nitrogens with one attached hydrogen (secondary N) is 1. The summed E-state index contributed by atoms with van der Waals surface area (Å²) in [6.07, 6.45) is 0. The average Bonchev–Trinajstić information content (AvgIpc) is 2.59. The summed E-state index contributed by atoms with van der Waals surface area (Å²) < 4.78 is 80.0. The Labute approximate surface area is 152 Å². The first kappa shape index (κ1) is 20.6. The Balaban J connectivity index is 2.02. The van der Waals surface area contributed by atoms with E-state index < -0.39 is 57.6 Å². The van der Waals surface area contributed by atoms with Crippen LogP contribution in [0.15, 0.2) is 35.2 Å². The van der Waals surface area contributed by atoms with Crippen LogP contribution in [0.2, 0.25) is 0 Å². The van der Waals surface area contributed by atoms with Gasteiger partial charge in [-0.15, -0.1) is 0 Å². The van der Waals surface area contributed by atoms with Crippen LogP contribution >= 0.6 is 0 Å². The van der Waals surface area contributed by atoms with Crippen molar-refractivity contribution in [2.75, 3.05) is 6.61 Å². The van der Waals surface area contributed by atoms with E-state index in [0.717, 1.165) is 0 Å². The molecule has 6 nitrogen and oxygen atoms in total. The molecular formula is C16H14F4N2O4S. The van der Waals surface area contributed by atoms with E-state index in [9.17, 15) is 30.8 Å². The van der Waals surface area contributed by atoms with E-state index in [1.165, 1.54) is 24.3 Å². The predicted molar refractivity (Wildman–Crippen MR) is 86.1 cm³/mol. The lowest BCUT2D eigenvalue weighted by molar-refractivity contribution is -0.123. The van der Waals surface area contributed by atoms with Crippen LogP contribution in [0, 0.1) is 23.3 Å². The van der Waals surface area contributed by atoms with Crippen LogP contribution < -0.4 is 15.2 Å². The number of hydrogen-bond donors (Lipinski definition) is 2. The monoisotopic (exact) mass is 406 g/mol. The fourth-order valence-corrected chi connectivity index (χ4v) is 2.64. The van der Waals surface area contributed by atoms with Crippen molar-refractivity contribution in [1.82, 2.24) is 5.32 Å². The van der Waals surface area contributed by atoms with Gasteiger partial charge in [0.2, 0.25) is 21.7 Å². The molecule has 27 heavy (non-hydrogen) atoms. The van der Waals surface area contributed by atoms with Gasteiger partial charge in [0.15, 0.2) is 24.0 Å². The molecule has 0 aromatic heterocycles. The Hall–Kier alpha value is -2.66. The summed E-state index contributed by atoms with van der Waals surface area (Å²) in [5, 5.41) is 7.39. The van der Waals surface area contributed by atoms with Gasteiger partial charge in [-0.2, -0.15) is 8.78 Å². The van der Waals surface area contributed by atoms with Gasteiger partial charge in [0.1, 0.15) is 0 Å². The number of primary sulfonamides is 1. The van der Waals surface area contributed by atoms with Crippen molar-refractivity contribution in [3.8, 4) is 5.75 Å². The summed E-state index contributed by atoms with van der Waals surface area (Å²) in [7, 11) is -3.86. The quantitative estimate of drug-likeness (QED) is 0.567. The SMILES string of the molecule is CC(NC(=O)COc1c(F)c(F)cc(F)c1F)c1ccc(S(N)(=O)=O)cc1. The second-order valence-corrected chi connectivity index (χ2v) is 7.05. The second-order valence-electron chi connectivity index (χ2n) is 5.49. The Morgan fingerprint density at radius 1 is 1.11 bits per heavy atom. The third-order valence-electron chi connectivity index (χ3n) is 3.51. The van der Waals surface area contributed by atoms with Gasteiger partial charge in [-0.1, -0.05) is 12.1 Å². The van der Waals surface area contributed by atoms with Crippen molar-refractivity contribution in [2.24, 2.45) is 5.14 Å². The molecule has 0 aliphatic rings. The number of benzene rings is 2. The molecule has 0 fully saturated rings. The molecule has 1 unspecified atom stereocenters. The van der Waals surface area contributed by atoms with Gasteiger partial charge in [-0.3, -0.25) is 4.79 Å². The topological polar surface area (TPSA) is 98.5 Å². The molecule has 0 radical (unpaired) electrons. The van der Waals surface area contributed by atoms with Crippen molar-refractivity contribution >= 4 is 15.9 Å². The van der Waals surface area contributed by atoms with E-state index in [-0.39, 0.29) is 11.0 Å². The minimum absolute atomic E-state index is 0.0187. The minimum Gasteiger partial charge on any atom is -0.477 e. The van der Waals surface area contributed by atoms with Gasteiger partial charge >= 0.3 is 0 Å². The standard InChI is InChI=1S/C16H14F4N2O4S/c1-8(9-2-4-10(5-3-9)27(21,24)25)22-13(23)7-26-16-14(19)11(17)6-12(18)15(16)20/h2-6,8H,7H2,1H3,(H,22,23)(H2,21,24,25). The summed E-state index contributed by atoms with van der Waals surface area (Å²) in [6, 6.07) is 4.69. The number of ether oxygens (including phenoxy) is 1. The molecule has 0 aliphatic heterocycles. The highest BCUT2D eigenvalue weighted by atomic mass is 32.2. The number of carbonyl (C=O) groups excluding carboxylic acids is 1. The molecule has 1 amide bonds. The van der Waals surface area contributed by atoms with Crippen LogP contribution in [0.4, 0.5) is 17.6 Å².